The molecule has 2 unspecified atom stereocenters. The van der Waals surface area contributed by atoms with Crippen LogP contribution < -0.4 is 0 Å². The van der Waals surface area contributed by atoms with Crippen LogP contribution in [0.2, 0.25) is 0 Å². The standard InChI is InChI=1S/C16H23NO2/c1-11-9-12(10-16(2,3)17(11)4)13-7-5-6-8-14(13)15(18)19/h5-8,11-12H,9-10H2,1-4H3,(H,18,19). The van der Waals surface area contributed by atoms with Gasteiger partial charge in [0.2, 0.25) is 0 Å². The molecule has 0 radical (unpaired) electrons. The van der Waals surface area contributed by atoms with E-state index >= 15 is 0 Å². The van der Waals surface area contributed by atoms with E-state index in [-0.39, 0.29) is 5.54 Å². The van der Waals surface area contributed by atoms with Crippen LogP contribution in [0, 0.1) is 0 Å². The molecule has 0 saturated carbocycles. The minimum absolute atomic E-state index is 0.105. The Labute approximate surface area is 115 Å². The maximum absolute atomic E-state index is 11.4. The van der Waals surface area contributed by atoms with E-state index in [0.717, 1.165) is 18.4 Å². The van der Waals surface area contributed by atoms with E-state index in [2.05, 4.69) is 32.7 Å². The highest BCUT2D eigenvalue weighted by Crippen LogP contribution is 2.40. The molecule has 0 aromatic heterocycles. The van der Waals surface area contributed by atoms with Gasteiger partial charge in [-0.3, -0.25) is 4.90 Å². The summed E-state index contributed by atoms with van der Waals surface area (Å²) in [6.07, 6.45) is 2.02. The summed E-state index contributed by atoms with van der Waals surface area (Å²) in [7, 11) is 2.16. The van der Waals surface area contributed by atoms with Crippen molar-refractivity contribution in [1.82, 2.24) is 4.90 Å². The Morgan fingerprint density at radius 2 is 2.00 bits per heavy atom. The monoisotopic (exact) mass is 261 g/mol. The Balaban J connectivity index is 2.35. The fraction of sp³-hybridized carbons (Fsp3) is 0.562. The van der Waals surface area contributed by atoms with Crippen molar-refractivity contribution in [3.05, 3.63) is 35.4 Å². The molecule has 1 aliphatic rings. The van der Waals surface area contributed by atoms with Gasteiger partial charge in [-0.2, -0.15) is 0 Å². The molecule has 2 atom stereocenters. The number of carbonyl (C=O) groups is 1. The molecule has 0 amide bonds. The first-order valence-corrected chi connectivity index (χ1v) is 6.88. The number of likely N-dealkylation sites (tertiary alicyclic amines) is 1. The van der Waals surface area contributed by atoms with Gasteiger partial charge in [0.05, 0.1) is 5.56 Å². The lowest BCUT2D eigenvalue weighted by Crippen LogP contribution is -2.51. The molecule has 0 bridgehead atoms. The Kier molecular flexibility index (Phi) is 3.68. The Hall–Kier alpha value is -1.35. The van der Waals surface area contributed by atoms with Crippen LogP contribution in [0.25, 0.3) is 0 Å². The quantitative estimate of drug-likeness (QED) is 0.887. The zero-order chi connectivity index (χ0) is 14.2. The Morgan fingerprint density at radius 3 is 2.58 bits per heavy atom. The van der Waals surface area contributed by atoms with Crippen LogP contribution in [0.3, 0.4) is 0 Å². The fourth-order valence-electron chi connectivity index (χ4n) is 3.28. The average molecular weight is 261 g/mol. The molecule has 0 aliphatic carbocycles. The first-order chi connectivity index (χ1) is 8.83. The van der Waals surface area contributed by atoms with Crippen LogP contribution >= 0.6 is 0 Å². The second-order valence-electron chi connectivity index (χ2n) is 6.30. The zero-order valence-corrected chi connectivity index (χ0v) is 12.2. The lowest BCUT2D eigenvalue weighted by molar-refractivity contribution is 0.0465. The Morgan fingerprint density at radius 1 is 1.37 bits per heavy atom. The van der Waals surface area contributed by atoms with E-state index in [9.17, 15) is 9.90 Å². The summed E-state index contributed by atoms with van der Waals surface area (Å²) in [5.74, 6) is -0.492. The number of hydrogen-bond acceptors (Lipinski definition) is 2. The third kappa shape index (κ3) is 2.66. The summed E-state index contributed by atoms with van der Waals surface area (Å²) in [4.78, 5) is 13.8. The average Bonchev–Trinajstić information content (AvgIpc) is 2.35. The number of benzene rings is 1. The maximum atomic E-state index is 11.4. The van der Waals surface area contributed by atoms with Crippen molar-refractivity contribution in [2.45, 2.75) is 51.1 Å². The van der Waals surface area contributed by atoms with Crippen molar-refractivity contribution in [1.29, 1.82) is 0 Å². The first-order valence-electron chi connectivity index (χ1n) is 6.88. The number of rotatable bonds is 2. The van der Waals surface area contributed by atoms with Crippen molar-refractivity contribution in [2.75, 3.05) is 7.05 Å². The van der Waals surface area contributed by atoms with Gasteiger partial charge >= 0.3 is 5.97 Å². The second-order valence-corrected chi connectivity index (χ2v) is 6.30. The van der Waals surface area contributed by atoms with Crippen LogP contribution in [0.5, 0.6) is 0 Å². The third-order valence-corrected chi connectivity index (χ3v) is 4.62. The highest BCUT2D eigenvalue weighted by Gasteiger charge is 2.37. The van der Waals surface area contributed by atoms with E-state index in [4.69, 9.17) is 0 Å². The van der Waals surface area contributed by atoms with Crippen LogP contribution in [-0.2, 0) is 0 Å². The number of carboxylic acids is 1. The third-order valence-electron chi connectivity index (χ3n) is 4.62. The molecule has 3 nitrogen and oxygen atoms in total. The molecule has 1 aliphatic heterocycles. The van der Waals surface area contributed by atoms with E-state index in [1.54, 1.807) is 12.1 Å². The molecule has 3 heteroatoms. The largest absolute Gasteiger partial charge is 0.478 e. The predicted octanol–water partition coefficient (Wildman–Crippen LogP) is 3.36. The maximum Gasteiger partial charge on any atom is 0.335 e. The zero-order valence-electron chi connectivity index (χ0n) is 12.2. The van der Waals surface area contributed by atoms with Crippen molar-refractivity contribution in [3.8, 4) is 0 Å². The minimum atomic E-state index is -0.819. The van der Waals surface area contributed by atoms with E-state index in [0.29, 0.717) is 17.5 Å². The first kappa shape index (κ1) is 14.1. The van der Waals surface area contributed by atoms with Gasteiger partial charge in [-0.05, 0) is 58.2 Å². The van der Waals surface area contributed by atoms with Gasteiger partial charge in [0.25, 0.3) is 0 Å². The SMILES string of the molecule is CC1CC(c2ccccc2C(=O)O)CC(C)(C)N1C. The number of piperidine rings is 1. The fourth-order valence-corrected chi connectivity index (χ4v) is 3.28. The van der Waals surface area contributed by atoms with Crippen LogP contribution in [0.1, 0.15) is 55.5 Å². The molecule has 1 aromatic carbocycles. The summed E-state index contributed by atoms with van der Waals surface area (Å²) in [6, 6.07) is 7.90. The molecule has 1 aromatic rings. The van der Waals surface area contributed by atoms with Crippen molar-refractivity contribution >= 4 is 5.97 Å². The second kappa shape index (κ2) is 4.97. The highest BCUT2D eigenvalue weighted by molar-refractivity contribution is 5.89. The molecule has 0 spiro atoms. The molecule has 1 fully saturated rings. The van der Waals surface area contributed by atoms with Gasteiger partial charge in [-0.1, -0.05) is 18.2 Å². The summed E-state index contributed by atoms with van der Waals surface area (Å²) in [5, 5.41) is 9.33. The topological polar surface area (TPSA) is 40.5 Å². The molecule has 1 saturated heterocycles. The summed E-state index contributed by atoms with van der Waals surface area (Å²) < 4.78 is 0. The summed E-state index contributed by atoms with van der Waals surface area (Å²) in [5.41, 5.74) is 1.55. The van der Waals surface area contributed by atoms with Gasteiger partial charge in [-0.15, -0.1) is 0 Å². The molecule has 2 rings (SSSR count). The number of hydrogen-bond donors (Lipinski definition) is 1. The van der Waals surface area contributed by atoms with Crippen molar-refractivity contribution < 1.29 is 9.90 Å². The molecular weight excluding hydrogens is 238 g/mol. The van der Waals surface area contributed by atoms with Gasteiger partial charge < -0.3 is 5.11 Å². The highest BCUT2D eigenvalue weighted by atomic mass is 16.4. The predicted molar refractivity (Wildman–Crippen MR) is 76.7 cm³/mol. The summed E-state index contributed by atoms with van der Waals surface area (Å²) in [6.45, 7) is 6.69. The minimum Gasteiger partial charge on any atom is -0.478 e. The van der Waals surface area contributed by atoms with Gasteiger partial charge in [0, 0.05) is 11.6 Å². The van der Waals surface area contributed by atoms with E-state index in [1.807, 2.05) is 12.1 Å². The van der Waals surface area contributed by atoms with Crippen molar-refractivity contribution in [3.63, 3.8) is 0 Å². The molecular formula is C16H23NO2. The molecule has 19 heavy (non-hydrogen) atoms. The number of nitrogens with zero attached hydrogens (tertiary/aromatic N) is 1. The van der Waals surface area contributed by atoms with Gasteiger partial charge in [0.15, 0.2) is 0 Å². The molecule has 1 N–H and O–H groups in total. The number of aromatic carboxylic acids is 1. The Bertz CT molecular complexity index is 481. The van der Waals surface area contributed by atoms with Crippen LogP contribution in [0.4, 0.5) is 0 Å². The molecule has 1 heterocycles. The summed E-state index contributed by atoms with van der Waals surface area (Å²) >= 11 is 0. The van der Waals surface area contributed by atoms with Crippen molar-refractivity contribution in [2.24, 2.45) is 0 Å². The lowest BCUT2D eigenvalue weighted by atomic mass is 9.75. The van der Waals surface area contributed by atoms with E-state index in [1.165, 1.54) is 0 Å². The lowest BCUT2D eigenvalue weighted by Gasteiger charge is -2.48. The van der Waals surface area contributed by atoms with Gasteiger partial charge in [-0.25, -0.2) is 4.79 Å². The smallest absolute Gasteiger partial charge is 0.335 e. The van der Waals surface area contributed by atoms with E-state index < -0.39 is 5.97 Å². The van der Waals surface area contributed by atoms with Gasteiger partial charge in [0.1, 0.15) is 0 Å². The normalized spacial score (nSPS) is 27.2. The molecule has 104 valence electrons. The number of carboxylic acid groups (broad SMARTS) is 1. The van der Waals surface area contributed by atoms with Crippen LogP contribution in [-0.4, -0.2) is 34.6 Å². The van der Waals surface area contributed by atoms with Crippen LogP contribution in [0.15, 0.2) is 24.3 Å².